The van der Waals surface area contributed by atoms with Crippen molar-refractivity contribution in [1.29, 1.82) is 0 Å². The largest absolute Gasteiger partial charge is 0.329 e. The summed E-state index contributed by atoms with van der Waals surface area (Å²) in [6.07, 6.45) is 0. The molecular weight excluding hydrogens is 195 g/mol. The molecule has 0 bridgehead atoms. The summed E-state index contributed by atoms with van der Waals surface area (Å²) in [5, 5.41) is 0. The Morgan fingerprint density at radius 2 is 1.58 bits per heavy atom. The van der Waals surface area contributed by atoms with Gasteiger partial charge in [-0.1, -0.05) is 30.3 Å². The van der Waals surface area contributed by atoms with Crippen molar-refractivity contribution in [2.75, 3.05) is 6.54 Å². The first-order chi connectivity index (χ1) is 4.84. The second-order valence-corrected chi connectivity index (χ2v) is 2.25. The predicted octanol–water partition coefficient (Wildman–Crippen LogP) is 1.49. The summed E-state index contributed by atoms with van der Waals surface area (Å²) in [7, 11) is 0. The molecule has 0 aliphatic carbocycles. The van der Waals surface area contributed by atoms with Gasteiger partial charge in [0.15, 0.2) is 0 Å². The third kappa shape index (κ3) is 3.93. The number of nitrogens with two attached hydrogens (primary N) is 2. The van der Waals surface area contributed by atoms with Crippen molar-refractivity contribution in [3.05, 3.63) is 35.9 Å². The van der Waals surface area contributed by atoms with Gasteiger partial charge in [0, 0.05) is 12.6 Å². The normalized spacial score (nSPS) is 10.8. The molecule has 4 N–H and O–H groups in total. The molecule has 0 aliphatic heterocycles. The van der Waals surface area contributed by atoms with Gasteiger partial charge in [-0.2, -0.15) is 0 Å². The molecule has 0 saturated carbocycles. The molecule has 0 unspecified atom stereocenters. The maximum absolute atomic E-state index is 5.67. The molecular formula is C8H14Cl2N2. The lowest BCUT2D eigenvalue weighted by molar-refractivity contribution is 0.737. The third-order valence-electron chi connectivity index (χ3n) is 1.48. The molecule has 1 aromatic rings. The van der Waals surface area contributed by atoms with Crippen molar-refractivity contribution in [2.45, 2.75) is 6.04 Å². The standard InChI is InChI=1S/C8H12N2.2ClH/c9-6-8(10)7-4-2-1-3-5-7;;/h1-5,8H,6,9-10H2;2*1H/t8-;;/m1../s1. The summed E-state index contributed by atoms with van der Waals surface area (Å²) in [4.78, 5) is 0. The van der Waals surface area contributed by atoms with Gasteiger partial charge in [-0.3, -0.25) is 0 Å². The van der Waals surface area contributed by atoms with Crippen LogP contribution in [0.1, 0.15) is 11.6 Å². The zero-order chi connectivity index (χ0) is 7.40. The molecule has 0 aromatic heterocycles. The minimum atomic E-state index is -0.0128. The van der Waals surface area contributed by atoms with Gasteiger partial charge in [0.1, 0.15) is 0 Å². The Hall–Kier alpha value is -0.280. The lowest BCUT2D eigenvalue weighted by Gasteiger charge is -2.06. The summed E-state index contributed by atoms with van der Waals surface area (Å²) in [6, 6.07) is 9.85. The van der Waals surface area contributed by atoms with E-state index in [1.54, 1.807) is 0 Å². The van der Waals surface area contributed by atoms with Crippen molar-refractivity contribution < 1.29 is 0 Å². The highest BCUT2D eigenvalue weighted by atomic mass is 35.5. The fourth-order valence-corrected chi connectivity index (χ4v) is 0.836. The molecule has 1 atom stereocenters. The van der Waals surface area contributed by atoms with Crippen molar-refractivity contribution in [1.82, 2.24) is 0 Å². The van der Waals surface area contributed by atoms with Crippen LogP contribution in [0.5, 0.6) is 0 Å². The molecule has 0 saturated heterocycles. The van der Waals surface area contributed by atoms with E-state index in [1.807, 2.05) is 30.3 Å². The number of halogens is 2. The Morgan fingerprint density at radius 1 is 1.08 bits per heavy atom. The van der Waals surface area contributed by atoms with Crippen LogP contribution in [-0.2, 0) is 0 Å². The van der Waals surface area contributed by atoms with Crippen LogP contribution in [0.25, 0.3) is 0 Å². The first-order valence-electron chi connectivity index (χ1n) is 3.35. The average Bonchev–Trinajstić information content (AvgIpc) is 2.05. The first kappa shape index (κ1) is 14.3. The van der Waals surface area contributed by atoms with Crippen LogP contribution in [-0.4, -0.2) is 6.54 Å². The van der Waals surface area contributed by atoms with Crippen LogP contribution in [0.2, 0.25) is 0 Å². The Balaban J connectivity index is 0. The Kier molecular flexibility index (Phi) is 8.76. The topological polar surface area (TPSA) is 52.0 Å². The lowest BCUT2D eigenvalue weighted by atomic mass is 10.1. The van der Waals surface area contributed by atoms with Crippen molar-refractivity contribution in [3.63, 3.8) is 0 Å². The minimum absolute atomic E-state index is 0. The van der Waals surface area contributed by atoms with E-state index >= 15 is 0 Å². The molecule has 2 nitrogen and oxygen atoms in total. The van der Waals surface area contributed by atoms with E-state index in [2.05, 4.69) is 0 Å². The van der Waals surface area contributed by atoms with Crippen molar-refractivity contribution in [3.8, 4) is 0 Å². The van der Waals surface area contributed by atoms with E-state index < -0.39 is 0 Å². The van der Waals surface area contributed by atoms with Gasteiger partial charge in [0.25, 0.3) is 0 Å². The van der Waals surface area contributed by atoms with E-state index in [9.17, 15) is 0 Å². The Bertz CT molecular complexity index is 192. The molecule has 0 radical (unpaired) electrons. The van der Waals surface area contributed by atoms with E-state index in [1.165, 1.54) is 0 Å². The fourth-order valence-electron chi connectivity index (χ4n) is 0.836. The van der Waals surface area contributed by atoms with Gasteiger partial charge in [0.05, 0.1) is 0 Å². The Labute approximate surface area is 85.1 Å². The van der Waals surface area contributed by atoms with Crippen LogP contribution >= 0.6 is 24.8 Å². The summed E-state index contributed by atoms with van der Waals surface area (Å²) in [6.45, 7) is 0.504. The highest BCUT2D eigenvalue weighted by Crippen LogP contribution is 2.06. The van der Waals surface area contributed by atoms with Crippen LogP contribution in [0.4, 0.5) is 0 Å². The van der Waals surface area contributed by atoms with E-state index in [-0.39, 0.29) is 30.9 Å². The summed E-state index contributed by atoms with van der Waals surface area (Å²) >= 11 is 0. The van der Waals surface area contributed by atoms with Gasteiger partial charge >= 0.3 is 0 Å². The summed E-state index contributed by atoms with van der Waals surface area (Å²) in [5.74, 6) is 0. The molecule has 70 valence electrons. The number of hydrogen-bond donors (Lipinski definition) is 2. The van der Waals surface area contributed by atoms with Crippen LogP contribution < -0.4 is 11.5 Å². The molecule has 12 heavy (non-hydrogen) atoms. The average molecular weight is 209 g/mol. The molecule has 1 aromatic carbocycles. The summed E-state index contributed by atoms with van der Waals surface area (Å²) < 4.78 is 0. The number of rotatable bonds is 2. The van der Waals surface area contributed by atoms with Crippen LogP contribution in [0.3, 0.4) is 0 Å². The molecule has 0 heterocycles. The zero-order valence-corrected chi connectivity index (χ0v) is 8.28. The summed E-state index contributed by atoms with van der Waals surface area (Å²) in [5.41, 5.74) is 12.2. The number of hydrogen-bond acceptors (Lipinski definition) is 2. The van der Waals surface area contributed by atoms with Crippen molar-refractivity contribution >= 4 is 24.8 Å². The zero-order valence-electron chi connectivity index (χ0n) is 6.64. The number of benzene rings is 1. The molecule has 0 spiro atoms. The van der Waals surface area contributed by atoms with Crippen molar-refractivity contribution in [2.24, 2.45) is 11.5 Å². The quantitative estimate of drug-likeness (QED) is 0.775. The van der Waals surface area contributed by atoms with Gasteiger partial charge in [0.2, 0.25) is 0 Å². The second-order valence-electron chi connectivity index (χ2n) is 2.25. The predicted molar refractivity (Wildman–Crippen MR) is 56.9 cm³/mol. The highest BCUT2D eigenvalue weighted by molar-refractivity contribution is 5.85. The fraction of sp³-hybridized carbons (Fsp3) is 0.250. The van der Waals surface area contributed by atoms with E-state index in [4.69, 9.17) is 11.5 Å². The SMILES string of the molecule is Cl.Cl.NC[C@@H](N)c1ccccc1. The highest BCUT2D eigenvalue weighted by Gasteiger charge is 1.99. The monoisotopic (exact) mass is 208 g/mol. The molecule has 4 heteroatoms. The lowest BCUT2D eigenvalue weighted by Crippen LogP contribution is -2.20. The maximum Gasteiger partial charge on any atom is 0.0419 e. The van der Waals surface area contributed by atoms with Crippen LogP contribution in [0.15, 0.2) is 30.3 Å². The van der Waals surface area contributed by atoms with Gasteiger partial charge < -0.3 is 11.5 Å². The smallest absolute Gasteiger partial charge is 0.0419 e. The van der Waals surface area contributed by atoms with E-state index in [0.29, 0.717) is 6.54 Å². The molecule has 0 aliphatic rings. The van der Waals surface area contributed by atoms with Gasteiger partial charge in [-0.05, 0) is 5.56 Å². The molecule has 1 rings (SSSR count). The molecule has 0 amide bonds. The van der Waals surface area contributed by atoms with E-state index in [0.717, 1.165) is 5.56 Å². The maximum atomic E-state index is 5.67. The Morgan fingerprint density at radius 3 is 2.00 bits per heavy atom. The first-order valence-corrected chi connectivity index (χ1v) is 3.35. The van der Waals surface area contributed by atoms with Gasteiger partial charge in [-0.15, -0.1) is 24.8 Å². The van der Waals surface area contributed by atoms with Gasteiger partial charge in [-0.25, -0.2) is 0 Å². The van der Waals surface area contributed by atoms with Crippen LogP contribution in [0, 0.1) is 0 Å². The molecule has 0 fully saturated rings. The minimum Gasteiger partial charge on any atom is -0.329 e. The second kappa shape index (κ2) is 7.37. The third-order valence-corrected chi connectivity index (χ3v) is 1.48.